The van der Waals surface area contributed by atoms with Gasteiger partial charge in [0.15, 0.2) is 0 Å². The van der Waals surface area contributed by atoms with Crippen molar-refractivity contribution in [2.75, 3.05) is 12.8 Å². The van der Waals surface area contributed by atoms with Crippen molar-refractivity contribution in [3.63, 3.8) is 0 Å². The van der Waals surface area contributed by atoms with Crippen LogP contribution < -0.4 is 15.2 Å². The summed E-state index contributed by atoms with van der Waals surface area (Å²) in [6, 6.07) is 2.82. The lowest BCUT2D eigenvalue weighted by molar-refractivity contribution is 0.386. The summed E-state index contributed by atoms with van der Waals surface area (Å²) in [5, 5.41) is 0. The molecular weight excluding hydrogens is 356 g/mol. The summed E-state index contributed by atoms with van der Waals surface area (Å²) < 4.78 is 33.6. The summed E-state index contributed by atoms with van der Waals surface area (Å²) in [4.78, 5) is 0.0588. The number of hydrogen-bond donors (Lipinski definition) is 2. The minimum atomic E-state index is -3.68. The Bertz CT molecular complexity index is 586. The van der Waals surface area contributed by atoms with E-state index in [0.29, 0.717) is 16.1 Å². The summed E-state index contributed by atoms with van der Waals surface area (Å²) in [5.74, 6) is 0.555. The highest BCUT2D eigenvalue weighted by molar-refractivity contribution is 9.10. The second kappa shape index (κ2) is 7.47. The molecule has 0 amide bonds. The topological polar surface area (TPSA) is 81.4 Å². The molecule has 120 valence electrons. The molecule has 0 aliphatic rings. The summed E-state index contributed by atoms with van der Waals surface area (Å²) in [6.45, 7) is 5.98. The van der Waals surface area contributed by atoms with Gasteiger partial charge in [-0.3, -0.25) is 0 Å². The van der Waals surface area contributed by atoms with E-state index in [4.69, 9.17) is 10.5 Å². The molecule has 1 rings (SSSR count). The lowest BCUT2D eigenvalue weighted by Gasteiger charge is -2.23. The molecule has 0 aliphatic heterocycles. The average molecular weight is 379 g/mol. The van der Waals surface area contributed by atoms with Crippen LogP contribution in [-0.2, 0) is 10.0 Å². The van der Waals surface area contributed by atoms with E-state index in [-0.39, 0.29) is 16.7 Å². The van der Waals surface area contributed by atoms with Gasteiger partial charge in [0.1, 0.15) is 10.6 Å². The van der Waals surface area contributed by atoms with Crippen molar-refractivity contribution in [3.8, 4) is 5.75 Å². The van der Waals surface area contributed by atoms with Crippen LogP contribution in [0.25, 0.3) is 0 Å². The van der Waals surface area contributed by atoms with Crippen molar-refractivity contribution >= 4 is 31.6 Å². The van der Waals surface area contributed by atoms with E-state index in [1.165, 1.54) is 13.2 Å². The number of nitrogens with one attached hydrogen (secondary N) is 1. The molecule has 0 heterocycles. The molecule has 5 nitrogen and oxygen atoms in total. The van der Waals surface area contributed by atoms with Crippen LogP contribution in [0.5, 0.6) is 5.75 Å². The SMILES string of the molecule is CCC(CC)C(C)NS(=O)(=O)c1cc(N)c(Br)cc1OC. The first-order chi connectivity index (χ1) is 9.76. The van der Waals surface area contributed by atoms with Crippen molar-refractivity contribution in [1.29, 1.82) is 0 Å². The maximum absolute atomic E-state index is 12.6. The number of rotatable bonds is 7. The molecule has 0 radical (unpaired) electrons. The third kappa shape index (κ3) is 4.34. The number of benzene rings is 1. The minimum absolute atomic E-state index is 0.0588. The molecule has 1 aromatic rings. The van der Waals surface area contributed by atoms with E-state index in [1.807, 2.05) is 6.92 Å². The molecule has 0 saturated heterocycles. The minimum Gasteiger partial charge on any atom is -0.495 e. The van der Waals surface area contributed by atoms with Gasteiger partial charge in [0, 0.05) is 16.2 Å². The van der Waals surface area contributed by atoms with Crippen LogP contribution in [0.1, 0.15) is 33.6 Å². The quantitative estimate of drug-likeness (QED) is 0.713. The Hall–Kier alpha value is -0.790. The Kier molecular flexibility index (Phi) is 6.49. The summed E-state index contributed by atoms with van der Waals surface area (Å²) >= 11 is 3.26. The maximum atomic E-state index is 12.6. The second-order valence-electron chi connectivity index (χ2n) is 5.01. The van der Waals surface area contributed by atoms with Gasteiger partial charge in [-0.25, -0.2) is 13.1 Å². The van der Waals surface area contributed by atoms with Crippen molar-refractivity contribution < 1.29 is 13.2 Å². The Morgan fingerprint density at radius 1 is 1.33 bits per heavy atom. The van der Waals surface area contributed by atoms with Crippen molar-refractivity contribution in [2.45, 2.75) is 44.6 Å². The zero-order valence-corrected chi connectivity index (χ0v) is 15.2. The van der Waals surface area contributed by atoms with Gasteiger partial charge in [-0.2, -0.15) is 0 Å². The summed E-state index contributed by atoms with van der Waals surface area (Å²) in [7, 11) is -2.25. The molecule has 0 saturated carbocycles. The van der Waals surface area contributed by atoms with Crippen LogP contribution in [0.3, 0.4) is 0 Å². The molecule has 0 fully saturated rings. The zero-order chi connectivity index (χ0) is 16.2. The van der Waals surface area contributed by atoms with Crippen LogP contribution in [0.15, 0.2) is 21.5 Å². The smallest absolute Gasteiger partial charge is 0.244 e. The first-order valence-electron chi connectivity index (χ1n) is 6.92. The fourth-order valence-corrected chi connectivity index (χ4v) is 4.14. The van der Waals surface area contributed by atoms with Crippen molar-refractivity contribution in [2.24, 2.45) is 5.92 Å². The summed E-state index contributed by atoms with van der Waals surface area (Å²) in [5.41, 5.74) is 6.14. The Morgan fingerprint density at radius 2 is 1.90 bits per heavy atom. The number of halogens is 1. The number of nitrogens with two attached hydrogens (primary N) is 1. The highest BCUT2D eigenvalue weighted by atomic mass is 79.9. The van der Waals surface area contributed by atoms with Crippen LogP contribution in [0.2, 0.25) is 0 Å². The van der Waals surface area contributed by atoms with Gasteiger partial charge < -0.3 is 10.5 Å². The molecule has 1 aromatic carbocycles. The number of sulfonamides is 1. The molecular formula is C14H23BrN2O3S. The number of hydrogen-bond acceptors (Lipinski definition) is 4. The second-order valence-corrected chi connectivity index (χ2v) is 7.55. The maximum Gasteiger partial charge on any atom is 0.244 e. The highest BCUT2D eigenvalue weighted by Gasteiger charge is 2.25. The van der Waals surface area contributed by atoms with Gasteiger partial charge >= 0.3 is 0 Å². The normalized spacial score (nSPS) is 13.4. The molecule has 1 unspecified atom stereocenters. The predicted octanol–water partition coefficient (Wildman–Crippen LogP) is 3.14. The molecule has 21 heavy (non-hydrogen) atoms. The van der Waals surface area contributed by atoms with Gasteiger partial charge in [0.25, 0.3) is 0 Å². The van der Waals surface area contributed by atoms with E-state index in [9.17, 15) is 8.42 Å². The predicted molar refractivity (Wildman–Crippen MR) is 89.0 cm³/mol. The lowest BCUT2D eigenvalue weighted by atomic mass is 9.96. The molecule has 7 heteroatoms. The Balaban J connectivity index is 3.16. The third-order valence-electron chi connectivity index (χ3n) is 3.67. The number of ether oxygens (including phenoxy) is 1. The zero-order valence-electron chi connectivity index (χ0n) is 12.8. The molecule has 0 bridgehead atoms. The highest BCUT2D eigenvalue weighted by Crippen LogP contribution is 2.32. The molecule has 3 N–H and O–H groups in total. The van der Waals surface area contributed by atoms with E-state index in [0.717, 1.165) is 12.8 Å². The van der Waals surface area contributed by atoms with Gasteiger partial charge in [-0.05, 0) is 40.9 Å². The van der Waals surface area contributed by atoms with Gasteiger partial charge in [-0.15, -0.1) is 0 Å². The number of methoxy groups -OCH3 is 1. The van der Waals surface area contributed by atoms with Crippen molar-refractivity contribution in [3.05, 3.63) is 16.6 Å². The van der Waals surface area contributed by atoms with E-state index >= 15 is 0 Å². The standard InChI is InChI=1S/C14H23BrN2O3S/c1-5-10(6-2)9(3)17-21(18,19)14-8-12(16)11(15)7-13(14)20-4/h7-10,17H,5-6,16H2,1-4H3. The summed E-state index contributed by atoms with van der Waals surface area (Å²) in [6.07, 6.45) is 1.83. The molecule has 0 aliphatic carbocycles. The van der Waals surface area contributed by atoms with Gasteiger partial charge in [-0.1, -0.05) is 26.7 Å². The average Bonchev–Trinajstić information content (AvgIpc) is 2.42. The van der Waals surface area contributed by atoms with Crippen LogP contribution in [0, 0.1) is 5.92 Å². The third-order valence-corrected chi connectivity index (χ3v) is 5.94. The largest absolute Gasteiger partial charge is 0.495 e. The molecule has 1 atom stereocenters. The lowest BCUT2D eigenvalue weighted by Crippen LogP contribution is -2.37. The first-order valence-corrected chi connectivity index (χ1v) is 9.19. The van der Waals surface area contributed by atoms with E-state index in [1.54, 1.807) is 6.07 Å². The Morgan fingerprint density at radius 3 is 2.38 bits per heavy atom. The molecule has 0 aromatic heterocycles. The van der Waals surface area contributed by atoms with Gasteiger partial charge in [0.2, 0.25) is 10.0 Å². The van der Waals surface area contributed by atoms with Crippen LogP contribution in [0.4, 0.5) is 5.69 Å². The fourth-order valence-electron chi connectivity index (χ4n) is 2.32. The molecule has 0 spiro atoms. The van der Waals surface area contributed by atoms with Crippen LogP contribution >= 0.6 is 15.9 Å². The monoisotopic (exact) mass is 378 g/mol. The van der Waals surface area contributed by atoms with Crippen LogP contribution in [-0.4, -0.2) is 21.6 Å². The number of anilines is 1. The van der Waals surface area contributed by atoms with E-state index in [2.05, 4.69) is 34.5 Å². The van der Waals surface area contributed by atoms with Gasteiger partial charge in [0.05, 0.1) is 7.11 Å². The first kappa shape index (κ1) is 18.3. The Labute approximate surface area is 135 Å². The fraction of sp³-hybridized carbons (Fsp3) is 0.571. The van der Waals surface area contributed by atoms with E-state index < -0.39 is 10.0 Å². The van der Waals surface area contributed by atoms with Crippen molar-refractivity contribution in [1.82, 2.24) is 4.72 Å². The number of nitrogen functional groups attached to an aromatic ring is 1.